The van der Waals surface area contributed by atoms with Crippen molar-refractivity contribution >= 4 is 34.2 Å². The van der Waals surface area contributed by atoms with E-state index < -0.39 is 17.8 Å². The van der Waals surface area contributed by atoms with Crippen LogP contribution >= 0.6 is 15.9 Å². The Kier molecular flexibility index (Phi) is 4.72. The van der Waals surface area contributed by atoms with Crippen LogP contribution in [0.25, 0.3) is 0 Å². The lowest BCUT2D eigenvalue weighted by Crippen LogP contribution is -2.51. The average Bonchev–Trinajstić information content (AvgIpc) is 2.44. The quantitative estimate of drug-likeness (QED) is 0.659. The third-order valence-corrected chi connectivity index (χ3v) is 4.13. The molecule has 0 bridgehead atoms. The number of carbonyl (C=O) groups excluding carboxylic acids is 3. The van der Waals surface area contributed by atoms with E-state index in [0.717, 1.165) is 0 Å². The van der Waals surface area contributed by atoms with Gasteiger partial charge in [0.25, 0.3) is 0 Å². The summed E-state index contributed by atoms with van der Waals surface area (Å²) in [6.07, 6.45) is 0.929. The van der Waals surface area contributed by atoms with E-state index in [4.69, 9.17) is 0 Å². The number of hydrogen-bond acceptors (Lipinski definition) is 3. The van der Waals surface area contributed by atoms with Gasteiger partial charge >= 0.3 is 0 Å². The predicted molar refractivity (Wildman–Crippen MR) is 76.6 cm³/mol. The molecule has 2 rings (SSSR count). The number of rotatable bonds is 4. The fourth-order valence-corrected chi connectivity index (χ4v) is 2.66. The molecule has 7 heteroatoms. The molecule has 1 aromatic rings. The molecule has 3 amide bonds. The highest BCUT2D eigenvalue weighted by Gasteiger charge is 2.31. The zero-order valence-corrected chi connectivity index (χ0v) is 12.9. The van der Waals surface area contributed by atoms with Gasteiger partial charge in [-0.25, -0.2) is 4.39 Å². The maximum atomic E-state index is 14.1. The standard InChI is InChI=1S/C14H14BrFN2O3/c1-8-2-3-10(15)13(16)9(8)6-18(7-19)11-4-5-12(20)17-14(11)21/h2-3,7,11H,4-6H2,1H3,(H,17,20,21). The van der Waals surface area contributed by atoms with Crippen LogP contribution < -0.4 is 5.32 Å². The molecule has 1 saturated heterocycles. The average molecular weight is 357 g/mol. The summed E-state index contributed by atoms with van der Waals surface area (Å²) < 4.78 is 14.4. The zero-order chi connectivity index (χ0) is 15.6. The monoisotopic (exact) mass is 356 g/mol. The van der Waals surface area contributed by atoms with Gasteiger partial charge in [-0.3, -0.25) is 19.7 Å². The number of imide groups is 1. The molecule has 21 heavy (non-hydrogen) atoms. The third kappa shape index (κ3) is 3.29. The number of piperidine rings is 1. The van der Waals surface area contributed by atoms with E-state index in [2.05, 4.69) is 21.2 Å². The minimum absolute atomic E-state index is 0.0209. The van der Waals surface area contributed by atoms with Gasteiger partial charge in [-0.1, -0.05) is 6.07 Å². The van der Waals surface area contributed by atoms with Crippen molar-refractivity contribution in [3.05, 3.63) is 33.5 Å². The first-order valence-corrected chi connectivity index (χ1v) is 7.21. The Morgan fingerprint density at radius 1 is 1.48 bits per heavy atom. The molecule has 1 aromatic carbocycles. The van der Waals surface area contributed by atoms with Gasteiger partial charge in [0.1, 0.15) is 11.9 Å². The number of nitrogens with zero attached hydrogens (tertiary/aromatic N) is 1. The van der Waals surface area contributed by atoms with Gasteiger partial charge in [0.05, 0.1) is 4.47 Å². The van der Waals surface area contributed by atoms with E-state index in [0.29, 0.717) is 22.0 Å². The molecule has 0 saturated carbocycles. The molecule has 1 aliphatic rings. The highest BCUT2D eigenvalue weighted by atomic mass is 79.9. The van der Waals surface area contributed by atoms with Crippen molar-refractivity contribution in [1.82, 2.24) is 10.2 Å². The number of amides is 3. The second-order valence-electron chi connectivity index (χ2n) is 4.90. The molecule has 1 aliphatic heterocycles. The molecular weight excluding hydrogens is 343 g/mol. The molecule has 0 aliphatic carbocycles. The summed E-state index contributed by atoms with van der Waals surface area (Å²) >= 11 is 3.10. The predicted octanol–water partition coefficient (Wildman–Crippen LogP) is 1.66. The highest BCUT2D eigenvalue weighted by molar-refractivity contribution is 9.10. The molecule has 1 unspecified atom stereocenters. The minimum Gasteiger partial charge on any atom is -0.329 e. The van der Waals surface area contributed by atoms with Crippen LogP contribution in [0.2, 0.25) is 0 Å². The Balaban J connectivity index is 2.24. The first-order chi connectivity index (χ1) is 9.93. The fourth-order valence-electron chi connectivity index (χ4n) is 2.29. The molecule has 1 fully saturated rings. The Morgan fingerprint density at radius 2 is 2.19 bits per heavy atom. The van der Waals surface area contributed by atoms with Gasteiger partial charge < -0.3 is 4.90 Å². The largest absolute Gasteiger partial charge is 0.329 e. The van der Waals surface area contributed by atoms with Crippen molar-refractivity contribution in [3.8, 4) is 0 Å². The summed E-state index contributed by atoms with van der Waals surface area (Å²) in [5.74, 6) is -1.33. The molecule has 1 atom stereocenters. The number of hydrogen-bond donors (Lipinski definition) is 1. The molecular formula is C14H14BrFN2O3. The number of nitrogens with one attached hydrogen (secondary N) is 1. The molecule has 1 N–H and O–H groups in total. The van der Waals surface area contributed by atoms with E-state index >= 15 is 0 Å². The molecule has 0 radical (unpaired) electrons. The number of aryl methyl sites for hydroxylation is 1. The van der Waals surface area contributed by atoms with Crippen LogP contribution in [0, 0.1) is 12.7 Å². The van der Waals surface area contributed by atoms with E-state index in [-0.39, 0.29) is 25.3 Å². The SMILES string of the molecule is Cc1ccc(Br)c(F)c1CN(C=O)C1CCC(=O)NC1=O. The molecule has 0 spiro atoms. The van der Waals surface area contributed by atoms with Crippen molar-refractivity contribution in [2.45, 2.75) is 32.4 Å². The van der Waals surface area contributed by atoms with Crippen LogP contribution in [0.1, 0.15) is 24.0 Å². The van der Waals surface area contributed by atoms with Gasteiger partial charge in [-0.15, -0.1) is 0 Å². The Bertz CT molecular complexity index is 606. The smallest absolute Gasteiger partial charge is 0.249 e. The van der Waals surface area contributed by atoms with Crippen LogP contribution in [-0.2, 0) is 20.9 Å². The maximum Gasteiger partial charge on any atom is 0.249 e. The maximum absolute atomic E-state index is 14.1. The summed E-state index contributed by atoms with van der Waals surface area (Å²) in [6.45, 7) is 1.71. The Hall–Kier alpha value is -1.76. The second kappa shape index (κ2) is 6.34. The lowest BCUT2D eigenvalue weighted by molar-refractivity contribution is -0.141. The van der Waals surface area contributed by atoms with Crippen LogP contribution in [0.3, 0.4) is 0 Å². The van der Waals surface area contributed by atoms with E-state index in [1.807, 2.05) is 0 Å². The van der Waals surface area contributed by atoms with Crippen molar-refractivity contribution in [3.63, 3.8) is 0 Å². The zero-order valence-electron chi connectivity index (χ0n) is 11.4. The van der Waals surface area contributed by atoms with E-state index in [1.165, 1.54) is 4.90 Å². The Labute approximate surface area is 129 Å². The first-order valence-electron chi connectivity index (χ1n) is 6.42. The molecule has 5 nitrogen and oxygen atoms in total. The molecule has 112 valence electrons. The topological polar surface area (TPSA) is 66.5 Å². The van der Waals surface area contributed by atoms with Crippen LogP contribution in [0.15, 0.2) is 16.6 Å². The van der Waals surface area contributed by atoms with Gasteiger partial charge in [0, 0.05) is 18.5 Å². The van der Waals surface area contributed by atoms with Gasteiger partial charge in [-0.2, -0.15) is 0 Å². The van der Waals surface area contributed by atoms with E-state index in [1.54, 1.807) is 19.1 Å². The van der Waals surface area contributed by atoms with Crippen LogP contribution in [-0.4, -0.2) is 29.2 Å². The van der Waals surface area contributed by atoms with Crippen molar-refractivity contribution < 1.29 is 18.8 Å². The minimum atomic E-state index is -0.752. The molecule has 0 aromatic heterocycles. The number of halogens is 2. The normalized spacial score (nSPS) is 18.3. The van der Waals surface area contributed by atoms with Crippen molar-refractivity contribution in [2.75, 3.05) is 0 Å². The summed E-state index contributed by atoms with van der Waals surface area (Å²) in [6, 6.07) is 2.57. The number of benzene rings is 1. The highest BCUT2D eigenvalue weighted by Crippen LogP contribution is 2.24. The van der Waals surface area contributed by atoms with Gasteiger partial charge in [-0.05, 0) is 40.9 Å². The van der Waals surface area contributed by atoms with Gasteiger partial charge in [0.15, 0.2) is 0 Å². The summed E-state index contributed by atoms with van der Waals surface area (Å²) in [4.78, 5) is 35.4. The second-order valence-corrected chi connectivity index (χ2v) is 5.76. The van der Waals surface area contributed by atoms with Crippen LogP contribution in [0.5, 0.6) is 0 Å². The molecule has 1 heterocycles. The Morgan fingerprint density at radius 3 is 2.81 bits per heavy atom. The third-order valence-electron chi connectivity index (χ3n) is 3.52. The van der Waals surface area contributed by atoms with Crippen LogP contribution in [0.4, 0.5) is 4.39 Å². The number of carbonyl (C=O) groups is 3. The lowest BCUT2D eigenvalue weighted by atomic mass is 10.0. The summed E-state index contributed by atoms with van der Waals surface area (Å²) in [5, 5.41) is 2.19. The van der Waals surface area contributed by atoms with Gasteiger partial charge in [0.2, 0.25) is 18.2 Å². The summed E-state index contributed by atoms with van der Waals surface area (Å²) in [7, 11) is 0. The van der Waals surface area contributed by atoms with E-state index in [9.17, 15) is 18.8 Å². The van der Waals surface area contributed by atoms with Crippen molar-refractivity contribution in [2.24, 2.45) is 0 Å². The first kappa shape index (κ1) is 15.6. The van der Waals surface area contributed by atoms with Crippen molar-refractivity contribution in [1.29, 1.82) is 0 Å². The lowest BCUT2D eigenvalue weighted by Gasteiger charge is -2.30. The summed E-state index contributed by atoms with van der Waals surface area (Å²) in [5.41, 5.74) is 1.04. The fraction of sp³-hybridized carbons (Fsp3) is 0.357.